The molecule has 1 aromatic carbocycles. The number of carbonyl (C=O) groups is 1. The average Bonchev–Trinajstić information content (AvgIpc) is 3.00. The van der Waals surface area contributed by atoms with E-state index < -0.39 is 0 Å². The molecule has 0 aliphatic carbocycles. The Balaban J connectivity index is 1.33. The molecule has 1 aliphatic heterocycles. The van der Waals surface area contributed by atoms with Crippen molar-refractivity contribution in [3.8, 4) is 0 Å². The molecule has 1 saturated heterocycles. The number of H-pyrrole nitrogens is 1. The van der Waals surface area contributed by atoms with Gasteiger partial charge in [0.25, 0.3) is 0 Å². The summed E-state index contributed by atoms with van der Waals surface area (Å²) in [6, 6.07) is 6.34. The molecule has 3 aromatic rings. The summed E-state index contributed by atoms with van der Waals surface area (Å²) < 4.78 is 0. The van der Waals surface area contributed by atoms with E-state index in [2.05, 4.69) is 57.2 Å². The molecule has 6 nitrogen and oxygen atoms in total. The van der Waals surface area contributed by atoms with Gasteiger partial charge in [0, 0.05) is 54.5 Å². The number of fused-ring (bicyclic) bond motifs is 1. The third-order valence-electron chi connectivity index (χ3n) is 5.58. The van der Waals surface area contributed by atoms with Gasteiger partial charge in [-0.15, -0.1) is 0 Å². The third kappa shape index (κ3) is 3.65. The number of nitrogens with zero attached hydrogens (tertiary/aromatic N) is 3. The number of aromatic amines is 1. The van der Waals surface area contributed by atoms with Crippen LogP contribution in [0, 0.1) is 19.8 Å². The molecule has 3 heterocycles. The SMILES string of the molecule is Cc1[nH]c2ccc(CNC(=O)C3CCN(c4cnccn4)CC3)cc2c1C. The van der Waals surface area contributed by atoms with Crippen LogP contribution in [0.4, 0.5) is 5.82 Å². The molecule has 0 atom stereocenters. The van der Waals surface area contributed by atoms with Crippen molar-refractivity contribution < 1.29 is 4.79 Å². The van der Waals surface area contributed by atoms with Crippen LogP contribution >= 0.6 is 0 Å². The molecule has 0 bridgehead atoms. The normalized spacial score (nSPS) is 15.3. The topological polar surface area (TPSA) is 73.9 Å². The summed E-state index contributed by atoms with van der Waals surface area (Å²) in [4.78, 5) is 26.6. The van der Waals surface area contributed by atoms with Crippen LogP contribution in [0.25, 0.3) is 10.9 Å². The summed E-state index contributed by atoms with van der Waals surface area (Å²) in [5, 5.41) is 4.35. The Kier molecular flexibility index (Phi) is 4.79. The van der Waals surface area contributed by atoms with E-state index in [1.54, 1.807) is 18.6 Å². The van der Waals surface area contributed by atoms with E-state index in [0.29, 0.717) is 6.54 Å². The van der Waals surface area contributed by atoms with E-state index >= 15 is 0 Å². The van der Waals surface area contributed by atoms with E-state index in [0.717, 1.165) is 42.8 Å². The minimum absolute atomic E-state index is 0.0675. The number of nitrogens with one attached hydrogen (secondary N) is 2. The van der Waals surface area contributed by atoms with Gasteiger partial charge in [0.15, 0.2) is 0 Å². The van der Waals surface area contributed by atoms with Gasteiger partial charge in [-0.05, 0) is 49.9 Å². The fourth-order valence-corrected chi connectivity index (χ4v) is 3.78. The molecule has 1 fully saturated rings. The second-order valence-electron chi connectivity index (χ2n) is 7.30. The molecule has 0 unspecified atom stereocenters. The average molecular weight is 363 g/mol. The molecule has 1 aliphatic rings. The van der Waals surface area contributed by atoms with Crippen LogP contribution in [0.3, 0.4) is 0 Å². The number of hydrogen-bond acceptors (Lipinski definition) is 4. The second-order valence-corrected chi connectivity index (χ2v) is 7.30. The Morgan fingerprint density at radius 1 is 1.26 bits per heavy atom. The predicted molar refractivity (Wildman–Crippen MR) is 107 cm³/mol. The number of aromatic nitrogens is 3. The van der Waals surface area contributed by atoms with Gasteiger partial charge in [-0.3, -0.25) is 9.78 Å². The van der Waals surface area contributed by atoms with Gasteiger partial charge in [0.05, 0.1) is 6.20 Å². The quantitative estimate of drug-likeness (QED) is 0.747. The summed E-state index contributed by atoms with van der Waals surface area (Å²) in [7, 11) is 0. The van der Waals surface area contributed by atoms with Gasteiger partial charge in [-0.2, -0.15) is 0 Å². The zero-order valence-electron chi connectivity index (χ0n) is 15.8. The van der Waals surface area contributed by atoms with E-state index in [4.69, 9.17) is 0 Å². The smallest absolute Gasteiger partial charge is 0.223 e. The Labute approximate surface area is 159 Å². The van der Waals surface area contributed by atoms with Gasteiger partial charge in [0.1, 0.15) is 5.82 Å². The van der Waals surface area contributed by atoms with Gasteiger partial charge in [-0.1, -0.05) is 6.07 Å². The lowest BCUT2D eigenvalue weighted by Crippen LogP contribution is -2.40. The van der Waals surface area contributed by atoms with Gasteiger partial charge in [-0.25, -0.2) is 4.98 Å². The van der Waals surface area contributed by atoms with Crippen molar-refractivity contribution in [1.29, 1.82) is 0 Å². The maximum Gasteiger partial charge on any atom is 0.223 e. The van der Waals surface area contributed by atoms with Crippen LogP contribution in [0.15, 0.2) is 36.8 Å². The molecule has 1 amide bonds. The molecule has 4 rings (SSSR count). The first-order valence-corrected chi connectivity index (χ1v) is 9.48. The zero-order valence-corrected chi connectivity index (χ0v) is 15.8. The standard InChI is InChI=1S/C21H25N5O/c1-14-15(2)25-19-4-3-16(11-18(14)19)12-24-21(27)17-5-9-26(10-6-17)20-13-22-7-8-23-20/h3-4,7-8,11,13,17,25H,5-6,9-10,12H2,1-2H3,(H,24,27). The van der Waals surface area contributed by atoms with Gasteiger partial charge < -0.3 is 15.2 Å². The lowest BCUT2D eigenvalue weighted by atomic mass is 9.96. The molecule has 2 aromatic heterocycles. The van der Waals surface area contributed by atoms with Crippen molar-refractivity contribution in [1.82, 2.24) is 20.3 Å². The summed E-state index contributed by atoms with van der Waals surface area (Å²) in [6.07, 6.45) is 6.85. The van der Waals surface area contributed by atoms with Crippen molar-refractivity contribution >= 4 is 22.6 Å². The summed E-state index contributed by atoms with van der Waals surface area (Å²) in [5.74, 6) is 1.11. The Morgan fingerprint density at radius 2 is 2.07 bits per heavy atom. The summed E-state index contributed by atoms with van der Waals surface area (Å²) in [6.45, 7) is 6.46. The fraction of sp³-hybridized carbons (Fsp3) is 0.381. The number of benzene rings is 1. The molecule has 6 heteroatoms. The second kappa shape index (κ2) is 7.39. The van der Waals surface area contributed by atoms with Gasteiger partial charge >= 0.3 is 0 Å². The highest BCUT2D eigenvalue weighted by molar-refractivity contribution is 5.85. The molecule has 0 radical (unpaired) electrons. The van der Waals surface area contributed by atoms with Crippen LogP contribution in [-0.2, 0) is 11.3 Å². The highest BCUT2D eigenvalue weighted by Crippen LogP contribution is 2.23. The van der Waals surface area contributed by atoms with Gasteiger partial charge in [0.2, 0.25) is 5.91 Å². The van der Waals surface area contributed by atoms with Crippen molar-refractivity contribution in [2.45, 2.75) is 33.2 Å². The lowest BCUT2D eigenvalue weighted by molar-refractivity contribution is -0.125. The first-order chi connectivity index (χ1) is 13.1. The number of amides is 1. The van der Waals surface area contributed by atoms with E-state index in [1.807, 2.05) is 0 Å². The van der Waals surface area contributed by atoms with Crippen LogP contribution in [-0.4, -0.2) is 33.9 Å². The molecule has 140 valence electrons. The minimum atomic E-state index is 0.0675. The maximum atomic E-state index is 12.6. The monoisotopic (exact) mass is 363 g/mol. The summed E-state index contributed by atoms with van der Waals surface area (Å²) in [5.41, 5.74) is 4.75. The van der Waals surface area contributed by atoms with Crippen molar-refractivity contribution in [3.63, 3.8) is 0 Å². The molecule has 27 heavy (non-hydrogen) atoms. The van der Waals surface area contributed by atoms with E-state index in [1.165, 1.54) is 16.6 Å². The Morgan fingerprint density at radius 3 is 2.81 bits per heavy atom. The first-order valence-electron chi connectivity index (χ1n) is 9.48. The highest BCUT2D eigenvalue weighted by Gasteiger charge is 2.25. The summed E-state index contributed by atoms with van der Waals surface area (Å²) >= 11 is 0. The number of anilines is 1. The number of rotatable bonds is 4. The van der Waals surface area contributed by atoms with Crippen molar-refractivity contribution in [2.24, 2.45) is 5.92 Å². The predicted octanol–water partition coefficient (Wildman–Crippen LogP) is 3.11. The lowest BCUT2D eigenvalue weighted by Gasteiger charge is -2.31. The van der Waals surface area contributed by atoms with Crippen LogP contribution in [0.5, 0.6) is 0 Å². The van der Waals surface area contributed by atoms with Crippen LogP contribution in [0.2, 0.25) is 0 Å². The van der Waals surface area contributed by atoms with Crippen LogP contribution < -0.4 is 10.2 Å². The Bertz CT molecular complexity index is 942. The zero-order chi connectivity index (χ0) is 18.8. The van der Waals surface area contributed by atoms with Crippen molar-refractivity contribution in [2.75, 3.05) is 18.0 Å². The molecular formula is C21H25N5O. The molecule has 0 spiro atoms. The number of hydrogen-bond donors (Lipinski definition) is 2. The first kappa shape index (κ1) is 17.5. The number of piperidine rings is 1. The van der Waals surface area contributed by atoms with E-state index in [-0.39, 0.29) is 11.8 Å². The number of carbonyl (C=O) groups excluding carboxylic acids is 1. The van der Waals surface area contributed by atoms with Crippen LogP contribution in [0.1, 0.15) is 29.7 Å². The highest BCUT2D eigenvalue weighted by atomic mass is 16.1. The maximum absolute atomic E-state index is 12.6. The molecule has 2 N–H and O–H groups in total. The van der Waals surface area contributed by atoms with E-state index in [9.17, 15) is 4.79 Å². The number of aryl methyl sites for hydroxylation is 2. The fourth-order valence-electron chi connectivity index (χ4n) is 3.78. The molecular weight excluding hydrogens is 338 g/mol. The third-order valence-corrected chi connectivity index (χ3v) is 5.58. The largest absolute Gasteiger partial charge is 0.358 e. The van der Waals surface area contributed by atoms with Crippen molar-refractivity contribution in [3.05, 3.63) is 53.6 Å². The Hall–Kier alpha value is -2.89. The molecule has 0 saturated carbocycles. The minimum Gasteiger partial charge on any atom is -0.358 e.